The zero-order valence-electron chi connectivity index (χ0n) is 19.9. The van der Waals surface area contributed by atoms with E-state index in [9.17, 15) is 13.2 Å². The maximum Gasteiger partial charge on any atom is 0.433 e. The molecule has 0 bridgehead atoms. The Hall–Kier alpha value is -3.27. The second-order valence-corrected chi connectivity index (χ2v) is 9.58. The van der Waals surface area contributed by atoms with E-state index in [1.54, 1.807) is 6.33 Å². The minimum atomic E-state index is -4.56. The number of nitrogens with zero attached hydrogens (tertiary/aromatic N) is 5. The van der Waals surface area contributed by atoms with Crippen LogP contribution in [0.3, 0.4) is 0 Å². The maximum atomic E-state index is 13.7. The monoisotopic (exact) mass is 483 g/mol. The van der Waals surface area contributed by atoms with Crippen LogP contribution in [0, 0.1) is 5.92 Å². The molecule has 3 heterocycles. The van der Waals surface area contributed by atoms with Crippen LogP contribution in [-0.2, 0) is 19.8 Å². The van der Waals surface area contributed by atoms with Crippen LogP contribution in [0.2, 0.25) is 0 Å². The van der Waals surface area contributed by atoms with E-state index >= 15 is 0 Å². The Morgan fingerprint density at radius 2 is 2.00 bits per heavy atom. The van der Waals surface area contributed by atoms with Gasteiger partial charge in [-0.2, -0.15) is 18.3 Å². The number of hydrogen-bond acceptors (Lipinski definition) is 5. The summed E-state index contributed by atoms with van der Waals surface area (Å²) in [7, 11) is 1.93. The van der Waals surface area contributed by atoms with Gasteiger partial charge < -0.3 is 9.88 Å². The van der Waals surface area contributed by atoms with E-state index in [0.717, 1.165) is 35.9 Å². The van der Waals surface area contributed by atoms with Crippen LogP contribution in [-0.4, -0.2) is 36.0 Å². The molecule has 1 fully saturated rings. The van der Waals surface area contributed by atoms with Crippen LogP contribution in [0.5, 0.6) is 0 Å². The first-order chi connectivity index (χ1) is 16.7. The molecule has 35 heavy (non-hydrogen) atoms. The third-order valence-electron chi connectivity index (χ3n) is 6.76. The van der Waals surface area contributed by atoms with Gasteiger partial charge in [0.25, 0.3) is 0 Å². The minimum absolute atomic E-state index is 0.0691. The first kappa shape index (κ1) is 23.5. The van der Waals surface area contributed by atoms with Gasteiger partial charge in [0.2, 0.25) is 0 Å². The van der Waals surface area contributed by atoms with Gasteiger partial charge in [-0.1, -0.05) is 38.5 Å². The minimum Gasteiger partial charge on any atom is -0.320 e. The number of aromatic nitrogens is 6. The number of nitrogens with one attached hydrogen (secondary N) is 2. The molecule has 2 N–H and O–H groups in total. The first-order valence-corrected chi connectivity index (χ1v) is 11.8. The van der Waals surface area contributed by atoms with Crippen molar-refractivity contribution in [3.63, 3.8) is 0 Å². The van der Waals surface area contributed by atoms with E-state index in [2.05, 4.69) is 36.8 Å². The Bertz CT molecular complexity index is 1330. The topological polar surface area (TPSA) is 84.3 Å². The SMILES string of the molecule is CC(C)NCc1nc(C(F)(F)F)cc2c(-c3cccc([C@H](c4nncn4C)C4CCC4)c3)n[nH]c12. The molecule has 0 spiro atoms. The van der Waals surface area contributed by atoms with Crippen molar-refractivity contribution < 1.29 is 13.2 Å². The molecule has 184 valence electrons. The normalized spacial score (nSPS) is 15.6. The fraction of sp³-hybridized carbons (Fsp3) is 0.440. The first-order valence-electron chi connectivity index (χ1n) is 11.8. The summed E-state index contributed by atoms with van der Waals surface area (Å²) in [4.78, 5) is 3.91. The molecule has 5 rings (SSSR count). The fourth-order valence-corrected chi connectivity index (χ4v) is 4.73. The van der Waals surface area contributed by atoms with E-state index in [4.69, 9.17) is 0 Å². The van der Waals surface area contributed by atoms with Crippen LogP contribution >= 0.6 is 0 Å². The standard InChI is InChI=1S/C25H28F3N7/c1-14(2)29-12-19-23-18(11-20(31-19)25(26,27)28)22(32-33-23)17-9-5-8-16(10-17)21(15-6-4-7-15)24-34-30-13-35(24)3/h5,8-11,13-15,21,29H,4,6-7,12H2,1-3H3,(H,32,33)/t21-/m1/s1. The summed E-state index contributed by atoms with van der Waals surface area (Å²) in [6, 6.07) is 9.08. The zero-order valence-corrected chi connectivity index (χ0v) is 19.9. The lowest BCUT2D eigenvalue weighted by atomic mass is 9.72. The van der Waals surface area contributed by atoms with E-state index in [1.807, 2.05) is 43.7 Å². The summed E-state index contributed by atoms with van der Waals surface area (Å²) < 4.78 is 43.1. The number of fused-ring (bicyclic) bond motifs is 1. The summed E-state index contributed by atoms with van der Waals surface area (Å²) in [5.74, 6) is 1.42. The van der Waals surface area contributed by atoms with Gasteiger partial charge in [-0.3, -0.25) is 5.10 Å². The second kappa shape index (κ2) is 9.07. The lowest BCUT2D eigenvalue weighted by Crippen LogP contribution is -2.24. The van der Waals surface area contributed by atoms with Gasteiger partial charge in [-0.15, -0.1) is 10.2 Å². The van der Waals surface area contributed by atoms with Crippen LogP contribution in [0.4, 0.5) is 13.2 Å². The van der Waals surface area contributed by atoms with Crippen molar-refractivity contribution >= 4 is 10.9 Å². The van der Waals surface area contributed by atoms with Crippen molar-refractivity contribution in [2.24, 2.45) is 13.0 Å². The van der Waals surface area contributed by atoms with Gasteiger partial charge in [0.1, 0.15) is 23.5 Å². The molecule has 7 nitrogen and oxygen atoms in total. The number of rotatable bonds is 7. The lowest BCUT2D eigenvalue weighted by molar-refractivity contribution is -0.141. The quantitative estimate of drug-likeness (QED) is 0.377. The van der Waals surface area contributed by atoms with Crippen molar-refractivity contribution in [3.8, 4) is 11.3 Å². The van der Waals surface area contributed by atoms with Crippen molar-refractivity contribution in [2.45, 2.75) is 57.8 Å². The number of aryl methyl sites for hydroxylation is 1. The molecule has 0 saturated heterocycles. The molecule has 3 aromatic heterocycles. The average Bonchev–Trinajstić information content (AvgIpc) is 3.40. The van der Waals surface area contributed by atoms with Gasteiger partial charge in [-0.05, 0) is 36.5 Å². The number of hydrogen-bond donors (Lipinski definition) is 2. The molecule has 0 amide bonds. The van der Waals surface area contributed by atoms with Crippen LogP contribution in [0.25, 0.3) is 22.2 Å². The summed E-state index contributed by atoms with van der Waals surface area (Å²) in [6.07, 6.45) is 0.547. The number of alkyl halides is 3. The van der Waals surface area contributed by atoms with Gasteiger partial charge >= 0.3 is 6.18 Å². The zero-order chi connectivity index (χ0) is 24.7. The summed E-state index contributed by atoms with van der Waals surface area (Å²) >= 11 is 0. The highest BCUT2D eigenvalue weighted by atomic mass is 19.4. The van der Waals surface area contributed by atoms with E-state index in [1.165, 1.54) is 6.42 Å². The predicted molar refractivity (Wildman–Crippen MR) is 126 cm³/mol. The van der Waals surface area contributed by atoms with Crippen LogP contribution < -0.4 is 5.32 Å². The Morgan fingerprint density at radius 3 is 2.63 bits per heavy atom. The lowest BCUT2D eigenvalue weighted by Gasteiger charge is -2.33. The molecule has 1 aliphatic carbocycles. The van der Waals surface area contributed by atoms with Crippen molar-refractivity contribution in [2.75, 3.05) is 0 Å². The molecule has 1 aromatic carbocycles. The number of H-pyrrole nitrogens is 1. The van der Waals surface area contributed by atoms with Crippen LogP contribution in [0.1, 0.15) is 61.8 Å². The van der Waals surface area contributed by atoms with Gasteiger partial charge in [-0.25, -0.2) is 4.98 Å². The number of pyridine rings is 1. The molecule has 4 aromatic rings. The fourth-order valence-electron chi connectivity index (χ4n) is 4.73. The van der Waals surface area contributed by atoms with Crippen molar-refractivity contribution in [3.05, 3.63) is 59.4 Å². The molecule has 1 aliphatic rings. The number of halogens is 3. The third-order valence-corrected chi connectivity index (χ3v) is 6.76. The molecule has 0 aliphatic heterocycles. The smallest absolute Gasteiger partial charge is 0.320 e. The van der Waals surface area contributed by atoms with Crippen molar-refractivity contribution in [1.82, 2.24) is 35.3 Å². The highest BCUT2D eigenvalue weighted by Gasteiger charge is 2.35. The Balaban J connectivity index is 1.61. The largest absolute Gasteiger partial charge is 0.433 e. The molecule has 1 saturated carbocycles. The van der Waals surface area contributed by atoms with E-state index in [0.29, 0.717) is 28.2 Å². The molecular weight excluding hydrogens is 455 g/mol. The molecule has 0 radical (unpaired) electrons. The van der Waals surface area contributed by atoms with E-state index in [-0.39, 0.29) is 18.5 Å². The van der Waals surface area contributed by atoms with E-state index < -0.39 is 11.9 Å². The summed E-state index contributed by atoms with van der Waals surface area (Å²) in [5, 5.41) is 19.4. The summed E-state index contributed by atoms with van der Waals surface area (Å²) in [6.45, 7) is 4.07. The molecule has 1 atom stereocenters. The molecule has 0 unspecified atom stereocenters. The van der Waals surface area contributed by atoms with Crippen LogP contribution in [0.15, 0.2) is 36.7 Å². The summed E-state index contributed by atoms with van der Waals surface area (Å²) in [5.41, 5.74) is 2.18. The Kier molecular flexibility index (Phi) is 6.08. The predicted octanol–water partition coefficient (Wildman–Crippen LogP) is 5.20. The highest BCUT2D eigenvalue weighted by Crippen LogP contribution is 2.43. The molecule has 10 heteroatoms. The average molecular weight is 484 g/mol. The third kappa shape index (κ3) is 4.54. The Morgan fingerprint density at radius 1 is 1.20 bits per heavy atom. The number of benzene rings is 1. The second-order valence-electron chi connectivity index (χ2n) is 9.58. The maximum absolute atomic E-state index is 13.7. The highest BCUT2D eigenvalue weighted by molar-refractivity contribution is 5.94. The van der Waals surface area contributed by atoms with Gasteiger partial charge in [0.15, 0.2) is 0 Å². The van der Waals surface area contributed by atoms with Gasteiger partial charge in [0, 0.05) is 36.5 Å². The Labute approximate surface area is 201 Å². The van der Waals surface area contributed by atoms with Gasteiger partial charge in [0.05, 0.1) is 11.2 Å². The van der Waals surface area contributed by atoms with Crippen molar-refractivity contribution in [1.29, 1.82) is 0 Å². The number of aromatic amines is 1. The molecular formula is C25H28F3N7.